The lowest BCUT2D eigenvalue weighted by molar-refractivity contribution is -0.147. The Morgan fingerprint density at radius 3 is 1.68 bits per heavy atom. The number of rotatable bonds is 13. The van der Waals surface area contributed by atoms with Gasteiger partial charge in [0.1, 0.15) is 0 Å². The molecule has 0 aliphatic rings. The van der Waals surface area contributed by atoms with Crippen molar-refractivity contribution in [2.75, 3.05) is 6.61 Å². The maximum absolute atomic E-state index is 12.3. The van der Waals surface area contributed by atoms with Crippen LogP contribution in [0.4, 0.5) is 0 Å². The minimum absolute atomic E-state index is 0.143. The van der Waals surface area contributed by atoms with Gasteiger partial charge in [-0.15, -0.1) is 0 Å². The molecule has 0 heterocycles. The van der Waals surface area contributed by atoms with Crippen LogP contribution in [-0.2, 0) is 14.1 Å². The minimum atomic E-state index is -4.56. The van der Waals surface area contributed by atoms with E-state index < -0.39 is 18.7 Å². The molecule has 0 aromatic carbocycles. The van der Waals surface area contributed by atoms with Crippen LogP contribution in [0.5, 0.6) is 0 Å². The number of esters is 1. The predicted octanol–water partition coefficient (Wildman–Crippen LogP) is 4.41. The van der Waals surface area contributed by atoms with Gasteiger partial charge >= 0.3 is 13.6 Å². The average molecular weight is 336 g/mol. The third-order valence-electron chi connectivity index (χ3n) is 4.10. The van der Waals surface area contributed by atoms with Crippen molar-refractivity contribution < 1.29 is 23.9 Å². The first-order valence-corrected chi connectivity index (χ1v) is 10.2. The van der Waals surface area contributed by atoms with Crippen LogP contribution in [-0.4, -0.2) is 27.5 Å². The molecule has 0 amide bonds. The van der Waals surface area contributed by atoms with Gasteiger partial charge in [0.15, 0.2) is 5.16 Å². The number of carbonyl (C=O) groups excluding carboxylic acids is 1. The van der Waals surface area contributed by atoms with E-state index >= 15 is 0 Å². The Kier molecular flexibility index (Phi) is 11.0. The number of carbonyl (C=O) groups is 1. The summed E-state index contributed by atoms with van der Waals surface area (Å²) in [5.41, 5.74) is 0. The first-order valence-electron chi connectivity index (χ1n) is 8.58. The molecule has 6 heteroatoms. The van der Waals surface area contributed by atoms with E-state index in [-0.39, 0.29) is 19.4 Å². The summed E-state index contributed by atoms with van der Waals surface area (Å²) < 4.78 is 17.1. The second kappa shape index (κ2) is 11.2. The molecule has 132 valence electrons. The van der Waals surface area contributed by atoms with Gasteiger partial charge in [0.2, 0.25) is 0 Å². The monoisotopic (exact) mass is 336 g/mol. The van der Waals surface area contributed by atoms with Crippen LogP contribution >= 0.6 is 7.60 Å². The summed E-state index contributed by atoms with van der Waals surface area (Å²) >= 11 is 0. The van der Waals surface area contributed by atoms with Gasteiger partial charge in [0.25, 0.3) is 0 Å². The molecular formula is C16H33O5P. The summed E-state index contributed by atoms with van der Waals surface area (Å²) in [6, 6.07) is 0. The Morgan fingerprint density at radius 2 is 1.36 bits per heavy atom. The molecule has 0 aliphatic carbocycles. The Labute approximate surface area is 135 Å². The molecule has 0 spiro atoms. The fourth-order valence-electron chi connectivity index (χ4n) is 2.69. The van der Waals surface area contributed by atoms with Crippen molar-refractivity contribution in [2.45, 2.75) is 90.1 Å². The van der Waals surface area contributed by atoms with E-state index in [4.69, 9.17) is 4.74 Å². The fourth-order valence-corrected chi connectivity index (χ4v) is 3.89. The van der Waals surface area contributed by atoms with Gasteiger partial charge in [-0.1, -0.05) is 65.2 Å². The fraction of sp³-hybridized carbons (Fsp3) is 0.938. The molecule has 0 radical (unpaired) electrons. The molecule has 0 saturated heterocycles. The Hall–Kier alpha value is -0.380. The third-order valence-corrected chi connectivity index (χ3v) is 5.85. The summed E-state index contributed by atoms with van der Waals surface area (Å²) in [5.74, 6) is -0.726. The molecule has 0 aromatic rings. The zero-order valence-electron chi connectivity index (χ0n) is 14.3. The number of hydrogen-bond acceptors (Lipinski definition) is 3. The average Bonchev–Trinajstić information content (AvgIpc) is 2.44. The normalized spacial score (nSPS) is 12.4. The lowest BCUT2D eigenvalue weighted by Crippen LogP contribution is -2.40. The summed E-state index contributed by atoms with van der Waals surface area (Å²) in [7, 11) is -4.56. The highest BCUT2D eigenvalue weighted by atomic mass is 31.2. The SMILES string of the molecule is CCCCCCC(CCCCCC)(C(=O)OCC)P(=O)(O)O. The van der Waals surface area contributed by atoms with E-state index in [0.29, 0.717) is 12.8 Å². The van der Waals surface area contributed by atoms with Gasteiger partial charge in [0, 0.05) is 0 Å². The molecule has 0 aliphatic heterocycles. The van der Waals surface area contributed by atoms with Crippen molar-refractivity contribution in [1.29, 1.82) is 0 Å². The van der Waals surface area contributed by atoms with Crippen LogP contribution in [0.1, 0.15) is 85.0 Å². The van der Waals surface area contributed by atoms with Crippen molar-refractivity contribution in [3.05, 3.63) is 0 Å². The van der Waals surface area contributed by atoms with Crippen LogP contribution in [0.25, 0.3) is 0 Å². The molecule has 0 fully saturated rings. The number of ether oxygens (including phenoxy) is 1. The lowest BCUT2D eigenvalue weighted by atomic mass is 9.93. The maximum Gasteiger partial charge on any atom is 0.342 e. The molecule has 0 unspecified atom stereocenters. The first kappa shape index (κ1) is 21.6. The van der Waals surface area contributed by atoms with Gasteiger partial charge in [-0.3, -0.25) is 9.36 Å². The molecule has 22 heavy (non-hydrogen) atoms. The highest BCUT2D eigenvalue weighted by molar-refractivity contribution is 7.54. The van der Waals surface area contributed by atoms with Crippen molar-refractivity contribution >= 4 is 13.6 Å². The third kappa shape index (κ3) is 6.80. The van der Waals surface area contributed by atoms with Crippen molar-refractivity contribution in [3.63, 3.8) is 0 Å². The Bertz CT molecular complexity index is 338. The van der Waals surface area contributed by atoms with Crippen molar-refractivity contribution in [1.82, 2.24) is 0 Å². The van der Waals surface area contributed by atoms with Gasteiger partial charge < -0.3 is 14.5 Å². The first-order chi connectivity index (χ1) is 10.4. The standard InChI is InChI=1S/C16H33O5P/c1-4-7-9-11-13-16(22(18,19)20,15(17)21-6-3)14-12-10-8-5-2/h4-14H2,1-3H3,(H2,18,19,20). The summed E-state index contributed by atoms with van der Waals surface area (Å²) in [5, 5.41) is -1.65. The smallest absolute Gasteiger partial charge is 0.342 e. The molecule has 0 rings (SSSR count). The number of hydrogen-bond donors (Lipinski definition) is 2. The topological polar surface area (TPSA) is 83.8 Å². The van der Waals surface area contributed by atoms with E-state index in [1.807, 2.05) is 0 Å². The maximum atomic E-state index is 12.3. The Morgan fingerprint density at radius 1 is 0.909 bits per heavy atom. The van der Waals surface area contributed by atoms with Crippen LogP contribution < -0.4 is 0 Å². The summed E-state index contributed by atoms with van der Waals surface area (Å²) in [6.45, 7) is 5.96. The largest absolute Gasteiger partial charge is 0.465 e. The van der Waals surface area contributed by atoms with Crippen LogP contribution in [0.3, 0.4) is 0 Å². The Balaban J connectivity index is 5.07. The quantitative estimate of drug-likeness (QED) is 0.296. The van der Waals surface area contributed by atoms with Gasteiger partial charge in [-0.25, -0.2) is 0 Å². The zero-order chi connectivity index (χ0) is 17.1. The summed E-state index contributed by atoms with van der Waals surface area (Å²) in [4.78, 5) is 32.0. The van der Waals surface area contributed by atoms with Crippen molar-refractivity contribution in [3.8, 4) is 0 Å². The highest BCUT2D eigenvalue weighted by Crippen LogP contribution is 2.56. The molecular weight excluding hydrogens is 303 g/mol. The molecule has 0 saturated carbocycles. The lowest BCUT2D eigenvalue weighted by Gasteiger charge is -2.32. The van der Waals surface area contributed by atoms with E-state index in [1.165, 1.54) is 0 Å². The summed E-state index contributed by atoms with van der Waals surface area (Å²) in [6.07, 6.45) is 7.57. The van der Waals surface area contributed by atoms with Crippen molar-refractivity contribution in [2.24, 2.45) is 0 Å². The second-order valence-electron chi connectivity index (χ2n) is 5.92. The molecule has 0 bridgehead atoms. The van der Waals surface area contributed by atoms with E-state index in [1.54, 1.807) is 6.92 Å². The van der Waals surface area contributed by atoms with Gasteiger partial charge in [-0.05, 0) is 19.8 Å². The minimum Gasteiger partial charge on any atom is -0.465 e. The van der Waals surface area contributed by atoms with Crippen LogP contribution in [0.2, 0.25) is 0 Å². The molecule has 0 aromatic heterocycles. The molecule has 0 atom stereocenters. The van der Waals surface area contributed by atoms with Crippen LogP contribution in [0.15, 0.2) is 0 Å². The predicted molar refractivity (Wildman–Crippen MR) is 88.9 cm³/mol. The number of unbranched alkanes of at least 4 members (excludes halogenated alkanes) is 6. The highest BCUT2D eigenvalue weighted by Gasteiger charge is 2.53. The molecule has 5 nitrogen and oxygen atoms in total. The van der Waals surface area contributed by atoms with E-state index in [9.17, 15) is 19.1 Å². The second-order valence-corrected chi connectivity index (χ2v) is 7.86. The van der Waals surface area contributed by atoms with Crippen LogP contribution in [0, 0.1) is 0 Å². The van der Waals surface area contributed by atoms with E-state index in [0.717, 1.165) is 38.5 Å². The van der Waals surface area contributed by atoms with Gasteiger partial charge in [0.05, 0.1) is 6.61 Å². The van der Waals surface area contributed by atoms with E-state index in [2.05, 4.69) is 13.8 Å². The van der Waals surface area contributed by atoms with Gasteiger partial charge in [-0.2, -0.15) is 0 Å². The zero-order valence-corrected chi connectivity index (χ0v) is 15.2. The molecule has 2 N–H and O–H groups in total.